The van der Waals surface area contributed by atoms with Crippen molar-refractivity contribution in [2.75, 3.05) is 7.11 Å². The van der Waals surface area contributed by atoms with Gasteiger partial charge in [-0.1, -0.05) is 0 Å². The first kappa shape index (κ1) is 8.83. The van der Waals surface area contributed by atoms with Crippen LogP contribution in [0.4, 0.5) is 0 Å². The van der Waals surface area contributed by atoms with Crippen molar-refractivity contribution in [1.29, 1.82) is 0 Å². The van der Waals surface area contributed by atoms with Gasteiger partial charge in [-0.15, -0.1) is 0 Å². The Morgan fingerprint density at radius 1 is 1.71 bits per heavy atom. The first-order valence-corrected chi connectivity index (χ1v) is 8.51. The summed E-state index contributed by atoms with van der Waals surface area (Å²) >= 11 is 12.8. The average Bonchev–Trinajstić information content (AvgIpc) is 1.30. The quantitative estimate of drug-likeness (QED) is 0.330. The molecule has 0 amide bonds. The van der Waals surface area contributed by atoms with Crippen LogP contribution in [-0.4, -0.2) is 7.11 Å². The lowest BCUT2D eigenvalue weighted by atomic mass is 11.8. The molecule has 0 aromatic carbocycles. The van der Waals surface area contributed by atoms with E-state index in [2.05, 4.69) is 4.18 Å². The van der Waals surface area contributed by atoms with Gasteiger partial charge in [0.1, 0.15) is 0 Å². The highest BCUT2D eigenvalue weighted by atomic mass is 127. The lowest BCUT2D eigenvalue weighted by molar-refractivity contribution is 0.498. The SMILES string of the molecule is COSS(=S)(=S)I. The van der Waals surface area contributed by atoms with Crippen molar-refractivity contribution in [2.45, 2.75) is 0 Å². The molecule has 0 atom stereocenters. The maximum absolute atomic E-state index is 4.81. The highest BCUT2D eigenvalue weighted by molar-refractivity contribution is 14.2. The predicted octanol–water partition coefficient (Wildman–Crippen LogP) is 1.62. The first-order chi connectivity index (χ1) is 3.06. The van der Waals surface area contributed by atoms with Gasteiger partial charge in [0.25, 0.3) is 0 Å². The van der Waals surface area contributed by atoms with E-state index in [0.29, 0.717) is 0 Å². The summed E-state index contributed by atoms with van der Waals surface area (Å²) in [6.07, 6.45) is 0. The molecule has 0 spiro atoms. The molecule has 6 heteroatoms. The zero-order valence-corrected chi connectivity index (χ0v) is 8.84. The Labute approximate surface area is 68.6 Å². The van der Waals surface area contributed by atoms with Gasteiger partial charge in [-0.05, 0) is 22.4 Å². The maximum atomic E-state index is 4.81. The predicted molar refractivity (Wildman–Crippen MR) is 50.7 cm³/mol. The van der Waals surface area contributed by atoms with Crippen LogP contribution in [0.2, 0.25) is 0 Å². The van der Waals surface area contributed by atoms with Gasteiger partial charge in [-0.2, -0.15) is 0 Å². The summed E-state index contributed by atoms with van der Waals surface area (Å²) < 4.78 is 3.30. The first-order valence-electron chi connectivity index (χ1n) is 1.23. The molecule has 0 bridgehead atoms. The third-order valence-electron chi connectivity index (χ3n) is 0.149. The molecule has 0 saturated heterocycles. The van der Waals surface area contributed by atoms with E-state index in [1.54, 1.807) is 7.11 Å². The molecule has 0 fully saturated rings. The number of rotatable bonds is 2. The van der Waals surface area contributed by atoms with Crippen LogP contribution in [0.5, 0.6) is 0 Å². The molecule has 1 nitrogen and oxygen atoms in total. The van der Waals surface area contributed by atoms with E-state index in [9.17, 15) is 0 Å². The van der Waals surface area contributed by atoms with E-state index in [1.807, 2.05) is 21.2 Å². The van der Waals surface area contributed by atoms with E-state index < -0.39 is 3.35 Å². The molecular formula is CH3IOS4. The summed E-state index contributed by atoms with van der Waals surface area (Å²) in [5, 5.41) is 0. The van der Waals surface area contributed by atoms with Crippen molar-refractivity contribution < 1.29 is 4.18 Å². The minimum absolute atomic E-state index is 1.19. The second-order valence-electron chi connectivity index (χ2n) is 0.628. The van der Waals surface area contributed by atoms with Gasteiger partial charge >= 0.3 is 0 Å². The molecule has 0 heterocycles. The molecule has 0 aromatic heterocycles. The minimum Gasteiger partial charge on any atom is -0.307 e. The lowest BCUT2D eigenvalue weighted by Crippen LogP contribution is -1.71. The van der Waals surface area contributed by atoms with Crippen LogP contribution in [-0.2, 0) is 29.9 Å². The maximum Gasteiger partial charge on any atom is 0.0800 e. The third kappa shape index (κ3) is 7.83. The van der Waals surface area contributed by atoms with Gasteiger partial charge in [-0.3, -0.25) is 0 Å². The molecule has 0 rings (SSSR count). The van der Waals surface area contributed by atoms with E-state index in [0.717, 1.165) is 0 Å². The van der Waals surface area contributed by atoms with Gasteiger partial charge in [0, 0.05) is 24.6 Å². The molecule has 0 aliphatic carbocycles. The topological polar surface area (TPSA) is 9.23 Å². The third-order valence-corrected chi connectivity index (χ3v) is 3.67. The van der Waals surface area contributed by atoms with Crippen molar-refractivity contribution in [3.63, 3.8) is 0 Å². The fourth-order valence-electron chi connectivity index (χ4n) is 0.0813. The van der Waals surface area contributed by atoms with Gasteiger partial charge in [-0.25, -0.2) is 0 Å². The van der Waals surface area contributed by atoms with Crippen LogP contribution < -0.4 is 0 Å². The summed E-state index contributed by atoms with van der Waals surface area (Å²) in [7, 11) is 1.57. The molecule has 0 radical (unpaired) electrons. The smallest absolute Gasteiger partial charge is 0.0800 e. The molecular weight excluding hydrogens is 283 g/mol. The van der Waals surface area contributed by atoms with Crippen LogP contribution in [0.3, 0.4) is 0 Å². The van der Waals surface area contributed by atoms with E-state index >= 15 is 0 Å². The molecule has 0 aromatic rings. The van der Waals surface area contributed by atoms with Crippen molar-refractivity contribution >= 4 is 58.0 Å². The highest BCUT2D eigenvalue weighted by Crippen LogP contribution is 2.20. The Balaban J connectivity index is 3.60. The van der Waals surface area contributed by atoms with Crippen molar-refractivity contribution in [1.82, 2.24) is 0 Å². The molecule has 7 heavy (non-hydrogen) atoms. The van der Waals surface area contributed by atoms with Crippen molar-refractivity contribution in [3.8, 4) is 0 Å². The Morgan fingerprint density at radius 3 is 2.14 bits per heavy atom. The second kappa shape index (κ2) is 3.78. The summed E-state index contributed by atoms with van der Waals surface area (Å²) in [5.41, 5.74) is 0. The summed E-state index contributed by atoms with van der Waals surface area (Å²) in [6, 6.07) is 0. The van der Waals surface area contributed by atoms with E-state index in [4.69, 9.17) is 22.4 Å². The van der Waals surface area contributed by atoms with Gasteiger partial charge < -0.3 is 4.18 Å². The largest absolute Gasteiger partial charge is 0.307 e. The lowest BCUT2D eigenvalue weighted by Gasteiger charge is -1.92. The second-order valence-corrected chi connectivity index (χ2v) is 18.0. The minimum atomic E-state index is -1.34. The fraction of sp³-hybridized carbons (Fsp3) is 1.00. The van der Waals surface area contributed by atoms with Crippen LogP contribution in [0.25, 0.3) is 0 Å². The molecule has 0 saturated carbocycles. The number of hydrogen-bond acceptors (Lipinski definition) is 4. The van der Waals surface area contributed by atoms with Gasteiger partial charge in [0.15, 0.2) is 0 Å². The van der Waals surface area contributed by atoms with Gasteiger partial charge in [0.05, 0.1) is 18.2 Å². The Morgan fingerprint density at radius 2 is 2.14 bits per heavy atom. The normalized spacial score (nSPS) is 11.7. The average molecular weight is 286 g/mol. The van der Waals surface area contributed by atoms with Crippen LogP contribution in [0, 0.1) is 0 Å². The van der Waals surface area contributed by atoms with Crippen LogP contribution >= 0.6 is 32.3 Å². The summed E-state index contributed by atoms with van der Waals surface area (Å²) in [6.45, 7) is 0. The molecule has 0 N–H and O–H groups in total. The summed E-state index contributed by atoms with van der Waals surface area (Å²) in [4.78, 5) is 0. The number of halogens is 1. The van der Waals surface area contributed by atoms with Gasteiger partial charge in [0.2, 0.25) is 0 Å². The zero-order valence-electron chi connectivity index (χ0n) is 3.42. The number of hydrogen-bond donors (Lipinski definition) is 0. The summed E-state index contributed by atoms with van der Waals surface area (Å²) in [5.74, 6) is 0. The Kier molecular flexibility index (Phi) is 4.77. The molecule has 0 aliphatic rings. The van der Waals surface area contributed by atoms with E-state index in [1.165, 1.54) is 11.1 Å². The molecule has 44 valence electrons. The molecule has 0 aliphatic heterocycles. The van der Waals surface area contributed by atoms with Crippen LogP contribution in [0.1, 0.15) is 0 Å². The zero-order chi connectivity index (χ0) is 5.91. The van der Waals surface area contributed by atoms with E-state index in [-0.39, 0.29) is 0 Å². The van der Waals surface area contributed by atoms with Crippen molar-refractivity contribution in [2.24, 2.45) is 0 Å². The van der Waals surface area contributed by atoms with Crippen molar-refractivity contribution in [3.05, 3.63) is 0 Å². The Hall–Kier alpha value is 1.83. The fourth-order valence-corrected chi connectivity index (χ4v) is 3.05. The standard InChI is InChI=1S/CH3IOS4/c1-3-6-7(2,4)5/h1H3. The van der Waals surface area contributed by atoms with Crippen LogP contribution in [0.15, 0.2) is 0 Å². The monoisotopic (exact) mass is 286 g/mol. The highest BCUT2D eigenvalue weighted by Gasteiger charge is 1.91. The Bertz CT molecular complexity index is 125. The molecule has 0 unspecified atom stereocenters.